The van der Waals surface area contributed by atoms with Crippen molar-refractivity contribution in [1.29, 1.82) is 0 Å². The van der Waals surface area contributed by atoms with Gasteiger partial charge in [-0.1, -0.05) is 118 Å². The normalized spacial score (nSPS) is 12.0. The number of nitrogens with zero attached hydrogens (tertiary/aromatic N) is 3. The summed E-state index contributed by atoms with van der Waals surface area (Å²) in [7, 11) is 5.56. The first-order chi connectivity index (χ1) is 26.3. The molecule has 11 heteroatoms. The monoisotopic (exact) mass is 870 g/mol. The van der Waals surface area contributed by atoms with Crippen molar-refractivity contribution in [3.05, 3.63) is 38.0 Å². The SMILES string of the molecule is C=CC[P+](CCCC)(CCCC)CCN(C)C.C=CC[P+](CCCC)(CCCC)CCN(C)C.C=CC[P+](CCCC)(CCCC)CCN(C)C.O=P([O-])([O-])[O-]. The Hall–Kier alpha value is 0.500. The van der Waals surface area contributed by atoms with Crippen molar-refractivity contribution in [2.24, 2.45) is 0 Å². The number of unbranched alkanes of at least 4 members (excludes halogenated alkanes) is 6. The van der Waals surface area contributed by atoms with E-state index in [1.807, 2.05) is 0 Å². The second-order valence-corrected chi connectivity index (χ2v) is 31.0. The molecule has 0 unspecified atom stereocenters. The van der Waals surface area contributed by atoms with Crippen molar-refractivity contribution in [2.45, 2.75) is 119 Å². The number of rotatable bonds is 33. The molecule has 0 amide bonds. The molecule has 0 atom stereocenters. The van der Waals surface area contributed by atoms with Crippen LogP contribution in [0.1, 0.15) is 119 Å². The third-order valence-electron chi connectivity index (χ3n) is 10.5. The lowest BCUT2D eigenvalue weighted by atomic mass is 10.4. The highest BCUT2D eigenvalue weighted by Gasteiger charge is 2.36. The Balaban J connectivity index is -0.000000340. The Labute approximate surface area is 354 Å². The first-order valence-corrected chi connectivity index (χ1v) is 31.4. The summed E-state index contributed by atoms with van der Waals surface area (Å²) < 4.78 is 8.55. The smallest absolute Gasteiger partial charge is 0.0771 e. The minimum Gasteiger partial charge on any atom is -0.822 e. The average molecular weight is 870 g/mol. The van der Waals surface area contributed by atoms with E-state index in [4.69, 9.17) is 19.2 Å². The first-order valence-electron chi connectivity index (χ1n) is 22.3. The van der Waals surface area contributed by atoms with Crippen molar-refractivity contribution < 1.29 is 19.2 Å². The zero-order valence-electron chi connectivity index (χ0n) is 39.7. The van der Waals surface area contributed by atoms with Gasteiger partial charge in [-0.05, 0) is 80.8 Å². The summed E-state index contributed by atoms with van der Waals surface area (Å²) in [4.78, 5) is 32.7. The van der Waals surface area contributed by atoms with E-state index in [0.717, 1.165) is 0 Å². The molecule has 0 aliphatic carbocycles. The highest BCUT2D eigenvalue weighted by Crippen LogP contribution is 2.61. The van der Waals surface area contributed by atoms with Gasteiger partial charge in [0.15, 0.2) is 0 Å². The quantitative estimate of drug-likeness (QED) is 0.0479. The molecule has 0 rings (SSSR count). The van der Waals surface area contributed by atoms with Gasteiger partial charge in [0.2, 0.25) is 0 Å². The summed E-state index contributed by atoms with van der Waals surface area (Å²) in [6, 6.07) is 0. The highest BCUT2D eigenvalue weighted by atomic mass is 31.2. The summed E-state index contributed by atoms with van der Waals surface area (Å²) in [5.74, 6) is 0. The van der Waals surface area contributed by atoms with Crippen LogP contribution in [0.3, 0.4) is 0 Å². The average Bonchev–Trinajstić information content (AvgIpc) is 3.13. The lowest BCUT2D eigenvalue weighted by Crippen LogP contribution is -2.24. The Morgan fingerprint density at radius 1 is 0.411 bits per heavy atom. The molecule has 0 N–H and O–H groups in total. The zero-order valence-corrected chi connectivity index (χ0v) is 43.3. The van der Waals surface area contributed by atoms with Gasteiger partial charge in [-0.25, -0.2) is 0 Å². The van der Waals surface area contributed by atoms with E-state index >= 15 is 0 Å². The zero-order chi connectivity index (χ0) is 43.9. The molecule has 0 spiro atoms. The summed E-state index contributed by atoms with van der Waals surface area (Å²) in [5.41, 5.74) is 0. The third-order valence-corrected chi connectivity index (χ3v) is 24.7. The van der Waals surface area contributed by atoms with Crippen LogP contribution in [-0.2, 0) is 4.57 Å². The maximum atomic E-state index is 8.55. The van der Waals surface area contributed by atoms with Crippen LogP contribution in [0.15, 0.2) is 38.0 Å². The molecule has 0 heterocycles. The minimum atomic E-state index is -5.39. The fraction of sp³-hybridized carbons (Fsp3) is 0.867. The predicted molar refractivity (Wildman–Crippen MR) is 262 cm³/mol. The fourth-order valence-corrected chi connectivity index (χ4v) is 20.5. The Morgan fingerprint density at radius 3 is 0.679 bits per heavy atom. The number of phosphoric acid groups is 1. The fourth-order valence-electron chi connectivity index (χ4n) is 6.85. The van der Waals surface area contributed by atoms with Crippen LogP contribution >= 0.6 is 29.6 Å². The van der Waals surface area contributed by atoms with Crippen molar-refractivity contribution in [2.75, 3.05) is 136 Å². The van der Waals surface area contributed by atoms with Crippen LogP contribution in [0.5, 0.6) is 0 Å². The van der Waals surface area contributed by atoms with Gasteiger partial charge in [-0.2, -0.15) is 7.82 Å². The summed E-state index contributed by atoms with van der Waals surface area (Å²) >= 11 is 0. The molecule has 338 valence electrons. The molecule has 0 saturated heterocycles. The van der Waals surface area contributed by atoms with Crippen LogP contribution in [-0.4, -0.2) is 151 Å². The van der Waals surface area contributed by atoms with Crippen LogP contribution < -0.4 is 14.7 Å². The maximum absolute atomic E-state index is 8.55. The molecule has 0 aliphatic rings. The van der Waals surface area contributed by atoms with Gasteiger partial charge in [0.1, 0.15) is 0 Å². The second-order valence-electron chi connectivity index (χ2n) is 16.9. The van der Waals surface area contributed by atoms with Crippen molar-refractivity contribution in [1.82, 2.24) is 14.7 Å². The highest BCUT2D eigenvalue weighted by molar-refractivity contribution is 7.76. The minimum absolute atomic E-state index is 0.743. The summed E-state index contributed by atoms with van der Waals surface area (Å²) in [6.45, 7) is 29.7. The van der Waals surface area contributed by atoms with Crippen LogP contribution in [0.25, 0.3) is 0 Å². The predicted octanol–water partition coefficient (Wildman–Crippen LogP) is 10.2. The molecule has 0 fully saturated rings. The lowest BCUT2D eigenvalue weighted by molar-refractivity contribution is -0.432. The van der Waals surface area contributed by atoms with Gasteiger partial charge >= 0.3 is 0 Å². The maximum Gasteiger partial charge on any atom is 0.0771 e. The largest absolute Gasteiger partial charge is 0.822 e. The number of allylic oxidation sites excluding steroid dienone is 3. The van der Waals surface area contributed by atoms with E-state index in [9.17, 15) is 0 Å². The standard InChI is InChI=1S/3C15H33NP.H3O4P/c3*1-6-9-13-17(12-8-3,14-10-7-2)15-11-16(4)5;1-5(2,3)4/h3*8H,3,6-7,9-15H2,1-2,4-5H3;(H3,1,2,3,4)/q3*+1;/p-3. The number of hydrogen-bond donors (Lipinski definition) is 0. The van der Waals surface area contributed by atoms with E-state index < -0.39 is 29.6 Å². The summed E-state index contributed by atoms with van der Waals surface area (Å²) in [6.07, 6.45) is 40.3. The molecule has 0 saturated carbocycles. The van der Waals surface area contributed by atoms with E-state index in [1.165, 1.54) is 171 Å². The Bertz CT molecular complexity index is 799. The molecule has 0 aliphatic heterocycles. The molecule has 0 radical (unpaired) electrons. The lowest BCUT2D eigenvalue weighted by Gasteiger charge is -2.36. The van der Waals surface area contributed by atoms with Gasteiger partial charge < -0.3 is 33.9 Å². The third kappa shape index (κ3) is 42.6. The van der Waals surface area contributed by atoms with Gasteiger partial charge in [0.25, 0.3) is 0 Å². The van der Waals surface area contributed by atoms with Gasteiger partial charge in [0.05, 0.1) is 73.9 Å². The van der Waals surface area contributed by atoms with E-state index in [1.54, 1.807) is 0 Å². The molecular formula is C45H99N3O4P4. The molecule has 56 heavy (non-hydrogen) atoms. The van der Waals surface area contributed by atoms with E-state index in [0.29, 0.717) is 0 Å². The molecule has 7 nitrogen and oxygen atoms in total. The van der Waals surface area contributed by atoms with Crippen molar-refractivity contribution in [3.8, 4) is 0 Å². The van der Waals surface area contributed by atoms with Crippen LogP contribution in [0.4, 0.5) is 0 Å². The van der Waals surface area contributed by atoms with Crippen molar-refractivity contribution >= 4 is 29.6 Å². The number of hydrogen-bond acceptors (Lipinski definition) is 7. The Kier molecular flexibility index (Phi) is 46.1. The first kappa shape index (κ1) is 63.1. The molecule has 0 aromatic heterocycles. The Morgan fingerprint density at radius 2 is 0.571 bits per heavy atom. The van der Waals surface area contributed by atoms with Crippen molar-refractivity contribution in [3.63, 3.8) is 0 Å². The molecular weight excluding hydrogens is 770 g/mol. The van der Waals surface area contributed by atoms with Crippen LogP contribution in [0, 0.1) is 0 Å². The van der Waals surface area contributed by atoms with E-state index in [2.05, 4.69) is 136 Å². The summed E-state index contributed by atoms with van der Waals surface area (Å²) in [5, 5.41) is 0. The van der Waals surface area contributed by atoms with Gasteiger partial charge in [-0.15, -0.1) is 0 Å². The molecule has 0 aromatic rings. The second kappa shape index (κ2) is 40.9. The molecule has 0 bridgehead atoms. The van der Waals surface area contributed by atoms with E-state index in [-0.39, 0.29) is 0 Å². The molecule has 0 aromatic carbocycles. The topological polar surface area (TPSA) is 96.0 Å². The van der Waals surface area contributed by atoms with Gasteiger partial charge in [0, 0.05) is 41.4 Å². The van der Waals surface area contributed by atoms with Gasteiger partial charge in [-0.3, -0.25) is 0 Å². The van der Waals surface area contributed by atoms with Crippen LogP contribution in [0.2, 0.25) is 0 Å².